The monoisotopic (exact) mass is 397 g/mol. The van der Waals surface area contributed by atoms with Crippen LogP contribution in [0.3, 0.4) is 0 Å². The first-order valence-corrected chi connectivity index (χ1v) is 9.98. The normalized spacial score (nSPS) is 18.9. The highest BCUT2D eigenvalue weighted by atomic mass is 16.6. The molecule has 0 fully saturated rings. The predicted molar refractivity (Wildman–Crippen MR) is 109 cm³/mol. The number of methoxy groups -OCH3 is 1. The fourth-order valence-electron chi connectivity index (χ4n) is 3.86. The fraction of sp³-hybridized carbons (Fsp3) is 0.435. The van der Waals surface area contributed by atoms with Crippen molar-refractivity contribution in [2.24, 2.45) is 0 Å². The molecule has 4 rings (SSSR count). The number of hydrogen-bond donors (Lipinski definition) is 1. The summed E-state index contributed by atoms with van der Waals surface area (Å²) >= 11 is 0. The van der Waals surface area contributed by atoms with Gasteiger partial charge in [-0.3, -0.25) is 4.79 Å². The minimum atomic E-state index is -0.368. The van der Waals surface area contributed by atoms with Crippen molar-refractivity contribution in [2.75, 3.05) is 20.3 Å². The van der Waals surface area contributed by atoms with Crippen molar-refractivity contribution in [1.82, 2.24) is 5.32 Å². The number of fused-ring (bicyclic) bond motifs is 2. The van der Waals surface area contributed by atoms with Crippen molar-refractivity contribution in [1.29, 1.82) is 0 Å². The minimum Gasteiger partial charge on any atom is -0.497 e. The zero-order valence-electron chi connectivity index (χ0n) is 17.1. The molecule has 6 nitrogen and oxygen atoms in total. The number of nitrogens with one attached hydrogen (secondary N) is 1. The molecule has 0 radical (unpaired) electrons. The van der Waals surface area contributed by atoms with Gasteiger partial charge in [0.25, 0.3) is 0 Å². The van der Waals surface area contributed by atoms with Crippen molar-refractivity contribution in [3.05, 3.63) is 47.5 Å². The molecular formula is C23H27NO5. The lowest BCUT2D eigenvalue weighted by molar-refractivity contribution is -0.122. The molecule has 0 saturated heterocycles. The molecule has 2 aromatic rings. The fourth-order valence-corrected chi connectivity index (χ4v) is 3.86. The van der Waals surface area contributed by atoms with Crippen molar-refractivity contribution >= 4 is 5.91 Å². The van der Waals surface area contributed by atoms with Crippen molar-refractivity contribution in [3.8, 4) is 23.0 Å². The van der Waals surface area contributed by atoms with E-state index in [0.717, 1.165) is 34.1 Å². The first kappa shape index (κ1) is 19.4. The van der Waals surface area contributed by atoms with Crippen LogP contribution in [0.5, 0.6) is 23.0 Å². The SMILES string of the molecule is COc1ccc2c(c1)OC(C)(C)CC2NC(=O)CCc1ccc2c(c1)OCCO2. The van der Waals surface area contributed by atoms with Gasteiger partial charge in [-0.1, -0.05) is 6.07 Å². The van der Waals surface area contributed by atoms with Crippen LogP contribution in [-0.4, -0.2) is 31.8 Å². The number of ether oxygens (including phenoxy) is 4. The molecule has 2 heterocycles. The molecule has 6 heteroatoms. The molecule has 2 aromatic carbocycles. The number of aryl methyl sites for hydroxylation is 1. The second-order valence-electron chi connectivity index (χ2n) is 8.07. The Kier molecular flexibility index (Phi) is 5.26. The largest absolute Gasteiger partial charge is 0.497 e. The van der Waals surface area contributed by atoms with E-state index in [1.165, 1.54) is 0 Å². The predicted octanol–water partition coefficient (Wildman–Crippen LogP) is 3.82. The third kappa shape index (κ3) is 4.42. The van der Waals surface area contributed by atoms with Gasteiger partial charge in [-0.2, -0.15) is 0 Å². The quantitative estimate of drug-likeness (QED) is 0.831. The summed E-state index contributed by atoms with van der Waals surface area (Å²) in [5.74, 6) is 3.04. The van der Waals surface area contributed by atoms with Gasteiger partial charge in [0.05, 0.1) is 13.2 Å². The Morgan fingerprint density at radius 2 is 1.90 bits per heavy atom. The molecular weight excluding hydrogens is 370 g/mol. The van der Waals surface area contributed by atoms with Gasteiger partial charge < -0.3 is 24.3 Å². The van der Waals surface area contributed by atoms with Crippen LogP contribution in [0.4, 0.5) is 0 Å². The van der Waals surface area contributed by atoms with E-state index < -0.39 is 0 Å². The Morgan fingerprint density at radius 3 is 2.69 bits per heavy atom. The molecule has 154 valence electrons. The van der Waals surface area contributed by atoms with Crippen LogP contribution in [0.2, 0.25) is 0 Å². The van der Waals surface area contributed by atoms with Crippen LogP contribution in [0, 0.1) is 0 Å². The molecule has 0 aliphatic carbocycles. The Morgan fingerprint density at radius 1 is 1.10 bits per heavy atom. The highest BCUT2D eigenvalue weighted by Gasteiger charge is 2.34. The number of carbonyl (C=O) groups excluding carboxylic acids is 1. The number of hydrogen-bond acceptors (Lipinski definition) is 5. The number of carbonyl (C=O) groups is 1. The van der Waals surface area contributed by atoms with Crippen LogP contribution < -0.4 is 24.3 Å². The van der Waals surface area contributed by atoms with Crippen LogP contribution in [-0.2, 0) is 11.2 Å². The minimum absolute atomic E-state index is 0.0179. The van der Waals surface area contributed by atoms with Gasteiger partial charge >= 0.3 is 0 Å². The molecule has 0 saturated carbocycles. The van der Waals surface area contributed by atoms with E-state index in [9.17, 15) is 4.79 Å². The Bertz CT molecular complexity index is 908. The third-order valence-corrected chi connectivity index (χ3v) is 5.26. The molecule has 0 aromatic heterocycles. The molecule has 1 N–H and O–H groups in total. The maximum Gasteiger partial charge on any atom is 0.220 e. The van der Waals surface area contributed by atoms with E-state index in [0.29, 0.717) is 32.5 Å². The van der Waals surface area contributed by atoms with Crippen LogP contribution in [0.1, 0.15) is 43.9 Å². The van der Waals surface area contributed by atoms with Crippen molar-refractivity contribution in [3.63, 3.8) is 0 Å². The summed E-state index contributed by atoms with van der Waals surface area (Å²) < 4.78 is 22.6. The van der Waals surface area contributed by atoms with E-state index in [2.05, 4.69) is 5.32 Å². The van der Waals surface area contributed by atoms with Crippen LogP contribution in [0.25, 0.3) is 0 Å². The Balaban J connectivity index is 1.42. The molecule has 29 heavy (non-hydrogen) atoms. The zero-order chi connectivity index (χ0) is 20.4. The molecule has 1 atom stereocenters. The van der Waals surface area contributed by atoms with Crippen molar-refractivity contribution < 1.29 is 23.7 Å². The maximum absolute atomic E-state index is 12.7. The smallest absolute Gasteiger partial charge is 0.220 e. The van der Waals surface area contributed by atoms with Gasteiger partial charge in [0, 0.05) is 24.5 Å². The first-order chi connectivity index (χ1) is 13.9. The Labute approximate surface area is 171 Å². The number of amides is 1. The highest BCUT2D eigenvalue weighted by Crippen LogP contribution is 2.41. The van der Waals surface area contributed by atoms with Gasteiger partial charge in [-0.05, 0) is 50.1 Å². The maximum atomic E-state index is 12.7. The summed E-state index contributed by atoms with van der Waals surface area (Å²) in [5.41, 5.74) is 1.67. The average molecular weight is 397 g/mol. The molecule has 1 amide bonds. The lowest BCUT2D eigenvalue weighted by Crippen LogP contribution is -2.41. The average Bonchev–Trinajstić information content (AvgIpc) is 2.70. The lowest BCUT2D eigenvalue weighted by atomic mass is 9.89. The van der Waals surface area contributed by atoms with E-state index in [1.54, 1.807) is 7.11 Å². The van der Waals surface area contributed by atoms with Crippen molar-refractivity contribution in [2.45, 2.75) is 44.8 Å². The number of benzene rings is 2. The van der Waals surface area contributed by atoms with E-state index in [-0.39, 0.29) is 17.6 Å². The summed E-state index contributed by atoms with van der Waals surface area (Å²) in [4.78, 5) is 12.7. The van der Waals surface area contributed by atoms with Gasteiger partial charge in [0.15, 0.2) is 11.5 Å². The molecule has 1 unspecified atom stereocenters. The van der Waals surface area contributed by atoms with Gasteiger partial charge in [0.1, 0.15) is 30.3 Å². The molecule has 2 aliphatic heterocycles. The highest BCUT2D eigenvalue weighted by molar-refractivity contribution is 5.77. The summed E-state index contributed by atoms with van der Waals surface area (Å²) in [6.45, 7) is 5.19. The van der Waals surface area contributed by atoms with Gasteiger partial charge in [0.2, 0.25) is 5.91 Å². The zero-order valence-corrected chi connectivity index (χ0v) is 17.1. The summed E-state index contributed by atoms with van der Waals surface area (Å²) in [6, 6.07) is 11.5. The van der Waals surface area contributed by atoms with Crippen LogP contribution in [0.15, 0.2) is 36.4 Å². The Hall–Kier alpha value is -2.89. The molecule has 0 bridgehead atoms. The second-order valence-corrected chi connectivity index (χ2v) is 8.07. The van der Waals surface area contributed by atoms with E-state index >= 15 is 0 Å². The summed E-state index contributed by atoms with van der Waals surface area (Å²) in [7, 11) is 1.63. The summed E-state index contributed by atoms with van der Waals surface area (Å²) in [5, 5.41) is 3.19. The third-order valence-electron chi connectivity index (χ3n) is 5.26. The van der Waals surface area contributed by atoms with Gasteiger partial charge in [-0.25, -0.2) is 0 Å². The second kappa shape index (κ2) is 7.85. The molecule has 2 aliphatic rings. The summed E-state index contributed by atoms with van der Waals surface area (Å²) in [6.07, 6.45) is 1.76. The van der Waals surface area contributed by atoms with Crippen LogP contribution >= 0.6 is 0 Å². The standard InChI is InChI=1S/C23H27NO5/c1-23(2)14-18(17-7-6-16(26-3)13-20(17)29-23)24-22(25)9-5-15-4-8-19-21(12-15)28-11-10-27-19/h4,6-8,12-13,18H,5,9-11,14H2,1-3H3,(H,24,25). The van der Waals surface area contributed by atoms with E-state index in [1.807, 2.05) is 50.2 Å². The first-order valence-electron chi connectivity index (χ1n) is 9.98. The lowest BCUT2D eigenvalue weighted by Gasteiger charge is -2.38. The number of rotatable bonds is 5. The molecule has 0 spiro atoms. The topological polar surface area (TPSA) is 66.0 Å². The van der Waals surface area contributed by atoms with Gasteiger partial charge in [-0.15, -0.1) is 0 Å². The van der Waals surface area contributed by atoms with E-state index in [4.69, 9.17) is 18.9 Å².